The SMILES string of the molecule is CC(C)=C1CC2(C)C(C)CC(OC3OC(COS(=O)(=O)O)C(O)C(O)C3O)CC2CC1=O. The van der Waals surface area contributed by atoms with Gasteiger partial charge in [0.05, 0.1) is 12.7 Å². The van der Waals surface area contributed by atoms with E-state index in [2.05, 4.69) is 18.0 Å². The number of carbonyl (C=O) groups excluding carboxylic acids is 1. The van der Waals surface area contributed by atoms with Gasteiger partial charge < -0.3 is 24.8 Å². The quantitative estimate of drug-likeness (QED) is 0.252. The van der Waals surface area contributed by atoms with Gasteiger partial charge in [0.1, 0.15) is 24.4 Å². The van der Waals surface area contributed by atoms with Gasteiger partial charge in [-0.15, -0.1) is 0 Å². The smallest absolute Gasteiger partial charge is 0.387 e. The minimum atomic E-state index is -4.78. The van der Waals surface area contributed by atoms with Gasteiger partial charge in [0, 0.05) is 6.42 Å². The van der Waals surface area contributed by atoms with Crippen LogP contribution in [0.1, 0.15) is 53.4 Å². The molecule has 2 aliphatic carbocycles. The van der Waals surface area contributed by atoms with Crippen LogP contribution >= 0.6 is 0 Å². The Morgan fingerprint density at radius 1 is 1.16 bits per heavy atom. The van der Waals surface area contributed by atoms with Crippen molar-refractivity contribution in [2.75, 3.05) is 6.61 Å². The number of ketones is 1. The van der Waals surface area contributed by atoms with Crippen LogP contribution in [0.4, 0.5) is 0 Å². The Morgan fingerprint density at radius 2 is 1.81 bits per heavy atom. The number of ether oxygens (including phenoxy) is 2. The zero-order chi connectivity index (χ0) is 24.0. The molecule has 11 heteroatoms. The normalized spacial score (nSPS) is 43.1. The molecule has 0 amide bonds. The lowest BCUT2D eigenvalue weighted by Crippen LogP contribution is -2.60. The minimum Gasteiger partial charge on any atom is -0.387 e. The zero-order valence-corrected chi connectivity index (χ0v) is 19.6. The predicted molar refractivity (Wildman–Crippen MR) is 112 cm³/mol. The van der Waals surface area contributed by atoms with E-state index in [-0.39, 0.29) is 29.1 Å². The predicted octanol–water partition coefficient (Wildman–Crippen LogP) is 0.750. The molecular formula is C21H34O10S. The van der Waals surface area contributed by atoms with Gasteiger partial charge in [-0.05, 0) is 55.9 Å². The fraction of sp³-hybridized carbons (Fsp3) is 0.857. The highest BCUT2D eigenvalue weighted by Gasteiger charge is 2.51. The van der Waals surface area contributed by atoms with Crippen molar-refractivity contribution in [1.82, 2.24) is 0 Å². The molecule has 184 valence electrons. The summed E-state index contributed by atoms with van der Waals surface area (Å²) in [4.78, 5) is 12.7. The second kappa shape index (κ2) is 9.38. The van der Waals surface area contributed by atoms with E-state index in [1.54, 1.807) is 0 Å². The van der Waals surface area contributed by atoms with E-state index in [1.165, 1.54) is 0 Å². The van der Waals surface area contributed by atoms with Gasteiger partial charge in [0.25, 0.3) is 0 Å². The average molecular weight is 479 g/mol. The number of allylic oxidation sites excluding steroid dienone is 2. The molecule has 3 aliphatic rings. The number of fused-ring (bicyclic) bond motifs is 1. The van der Waals surface area contributed by atoms with Gasteiger partial charge in [-0.1, -0.05) is 19.4 Å². The third-order valence-electron chi connectivity index (χ3n) is 7.53. The Morgan fingerprint density at radius 3 is 2.41 bits per heavy atom. The van der Waals surface area contributed by atoms with Crippen molar-refractivity contribution in [3.63, 3.8) is 0 Å². The molecule has 10 nitrogen and oxygen atoms in total. The summed E-state index contributed by atoms with van der Waals surface area (Å²) in [7, 11) is -4.78. The number of hydrogen-bond donors (Lipinski definition) is 4. The highest BCUT2D eigenvalue weighted by molar-refractivity contribution is 7.80. The molecule has 3 fully saturated rings. The van der Waals surface area contributed by atoms with Crippen molar-refractivity contribution in [3.8, 4) is 0 Å². The molecule has 1 saturated heterocycles. The van der Waals surface area contributed by atoms with Gasteiger partial charge in [-0.2, -0.15) is 8.42 Å². The van der Waals surface area contributed by atoms with Crippen LogP contribution in [-0.2, 0) is 28.9 Å². The molecular weight excluding hydrogens is 444 g/mol. The first-order valence-corrected chi connectivity index (χ1v) is 12.3. The van der Waals surface area contributed by atoms with Crippen LogP contribution in [-0.4, -0.2) is 77.5 Å². The summed E-state index contributed by atoms with van der Waals surface area (Å²) >= 11 is 0. The first kappa shape index (κ1) is 25.7. The van der Waals surface area contributed by atoms with Crippen LogP contribution in [0.5, 0.6) is 0 Å². The molecule has 2 saturated carbocycles. The molecule has 9 atom stereocenters. The summed E-state index contributed by atoms with van der Waals surface area (Å²) in [5.41, 5.74) is 1.89. The third-order valence-corrected chi connectivity index (χ3v) is 7.96. The second-order valence-electron chi connectivity index (χ2n) is 9.84. The molecule has 0 aromatic carbocycles. The van der Waals surface area contributed by atoms with E-state index in [0.29, 0.717) is 19.3 Å². The van der Waals surface area contributed by atoms with E-state index in [4.69, 9.17) is 14.0 Å². The zero-order valence-electron chi connectivity index (χ0n) is 18.8. The molecule has 0 aromatic heterocycles. The van der Waals surface area contributed by atoms with Crippen molar-refractivity contribution in [1.29, 1.82) is 0 Å². The van der Waals surface area contributed by atoms with Gasteiger partial charge in [0.15, 0.2) is 12.1 Å². The second-order valence-corrected chi connectivity index (χ2v) is 10.9. The van der Waals surface area contributed by atoms with Crippen LogP contribution in [0.2, 0.25) is 0 Å². The van der Waals surface area contributed by atoms with E-state index < -0.39 is 47.7 Å². The topological polar surface area (TPSA) is 160 Å². The number of hydrogen-bond acceptors (Lipinski definition) is 9. The highest BCUT2D eigenvalue weighted by atomic mass is 32.3. The summed E-state index contributed by atoms with van der Waals surface area (Å²) in [5, 5.41) is 30.6. The molecule has 0 bridgehead atoms. The number of Topliss-reactive ketones (excluding diaryl/α,β-unsaturated/α-hetero) is 1. The third kappa shape index (κ3) is 5.25. The molecule has 32 heavy (non-hydrogen) atoms. The van der Waals surface area contributed by atoms with Gasteiger partial charge in [-0.3, -0.25) is 9.35 Å². The van der Waals surface area contributed by atoms with E-state index >= 15 is 0 Å². The average Bonchev–Trinajstić information content (AvgIpc) is 2.68. The molecule has 3 rings (SSSR count). The number of rotatable bonds is 5. The molecule has 4 N–H and O–H groups in total. The lowest BCUT2D eigenvalue weighted by atomic mass is 9.54. The molecule has 9 unspecified atom stereocenters. The fourth-order valence-corrected chi connectivity index (χ4v) is 5.59. The maximum Gasteiger partial charge on any atom is 0.397 e. The van der Waals surface area contributed by atoms with Gasteiger partial charge >= 0.3 is 10.4 Å². The molecule has 0 radical (unpaired) electrons. The van der Waals surface area contributed by atoms with Crippen molar-refractivity contribution < 1.29 is 46.7 Å². The van der Waals surface area contributed by atoms with Crippen LogP contribution in [0.3, 0.4) is 0 Å². The van der Waals surface area contributed by atoms with E-state index in [9.17, 15) is 28.5 Å². The Kier molecular flexibility index (Phi) is 7.53. The summed E-state index contributed by atoms with van der Waals surface area (Å²) in [6, 6.07) is 0. The van der Waals surface area contributed by atoms with Crippen LogP contribution in [0, 0.1) is 17.3 Å². The summed E-state index contributed by atoms with van der Waals surface area (Å²) < 4.78 is 46.1. The number of aliphatic hydroxyl groups is 3. The number of aliphatic hydroxyl groups excluding tert-OH is 3. The maximum absolute atomic E-state index is 12.7. The molecule has 0 spiro atoms. The van der Waals surface area contributed by atoms with E-state index in [1.807, 2.05) is 13.8 Å². The van der Waals surface area contributed by atoms with E-state index in [0.717, 1.165) is 17.6 Å². The molecule has 1 aliphatic heterocycles. The summed E-state index contributed by atoms with van der Waals surface area (Å²) in [6.07, 6.45) is -5.56. The van der Waals surface area contributed by atoms with Gasteiger partial charge in [-0.25, -0.2) is 4.18 Å². The Bertz CT molecular complexity index is 851. The number of carbonyl (C=O) groups is 1. The largest absolute Gasteiger partial charge is 0.397 e. The maximum atomic E-state index is 12.7. The Labute approximate surface area is 188 Å². The lowest BCUT2D eigenvalue weighted by molar-refractivity contribution is -0.315. The molecule has 0 aromatic rings. The van der Waals surface area contributed by atoms with Crippen molar-refractivity contribution in [2.24, 2.45) is 17.3 Å². The summed E-state index contributed by atoms with van der Waals surface area (Å²) in [5.74, 6) is 0.445. The Balaban J connectivity index is 1.70. The standard InChI is InChI=1S/C21H34O10S/c1-10(2)14-8-21(4)11(3)5-13(6-12(21)7-15(14)22)30-20-19(25)18(24)17(23)16(31-20)9-29-32(26,27)28/h11-13,16-20,23-25H,5-9H2,1-4H3,(H,26,27,28). The fourth-order valence-electron chi connectivity index (χ4n) is 5.29. The summed E-state index contributed by atoms with van der Waals surface area (Å²) in [6.45, 7) is 7.47. The first-order chi connectivity index (χ1) is 14.7. The lowest BCUT2D eigenvalue weighted by Gasteiger charge is -2.52. The first-order valence-electron chi connectivity index (χ1n) is 10.9. The minimum absolute atomic E-state index is 0.0615. The van der Waals surface area contributed by atoms with Gasteiger partial charge in [0.2, 0.25) is 0 Å². The van der Waals surface area contributed by atoms with Crippen LogP contribution in [0.25, 0.3) is 0 Å². The van der Waals surface area contributed by atoms with Crippen molar-refractivity contribution >= 4 is 16.2 Å². The molecule has 1 heterocycles. The van der Waals surface area contributed by atoms with Crippen molar-refractivity contribution in [2.45, 2.75) is 90.2 Å². The Hall–Kier alpha value is -0.920. The monoisotopic (exact) mass is 478 g/mol. The highest BCUT2D eigenvalue weighted by Crippen LogP contribution is 2.54. The van der Waals surface area contributed by atoms with Crippen LogP contribution < -0.4 is 0 Å². The van der Waals surface area contributed by atoms with Crippen LogP contribution in [0.15, 0.2) is 11.1 Å². The van der Waals surface area contributed by atoms with Crippen molar-refractivity contribution in [3.05, 3.63) is 11.1 Å².